The van der Waals surface area contributed by atoms with Crippen molar-refractivity contribution in [2.24, 2.45) is 5.92 Å². The molecule has 3 atom stereocenters. The molecule has 1 fully saturated rings. The number of hydrogen-bond donors (Lipinski definition) is 2. The minimum absolute atomic E-state index is 0.00401. The Kier molecular flexibility index (Phi) is 7.49. The lowest BCUT2D eigenvalue weighted by Gasteiger charge is -2.30. The highest BCUT2D eigenvalue weighted by Gasteiger charge is 2.57. The van der Waals surface area contributed by atoms with Gasteiger partial charge in [-0.05, 0) is 54.1 Å². The average Bonchev–Trinajstić information content (AvgIpc) is 3.44. The third kappa shape index (κ3) is 5.13. The van der Waals surface area contributed by atoms with E-state index in [2.05, 4.69) is 5.32 Å². The average molecular weight is 642 g/mol. The number of nitrogens with one attached hydrogen (secondary N) is 1. The first kappa shape index (κ1) is 29.5. The number of methoxy groups -OCH3 is 1. The number of benzene rings is 3. The Hall–Kier alpha value is -4.56. The minimum Gasteiger partial charge on any atom is -0.508 e. The van der Waals surface area contributed by atoms with Crippen LogP contribution in [0, 0.1) is 5.92 Å². The molecule has 3 aromatic carbocycles. The molecule has 44 heavy (non-hydrogen) atoms. The first-order valence-corrected chi connectivity index (χ1v) is 14.8. The fourth-order valence-corrected chi connectivity index (χ4v) is 8.23. The van der Waals surface area contributed by atoms with Crippen LogP contribution in [0.3, 0.4) is 0 Å². The minimum atomic E-state index is -4.82. The number of carbonyl (C=O) groups is 3. The zero-order valence-corrected chi connectivity index (χ0v) is 24.3. The van der Waals surface area contributed by atoms with Crippen molar-refractivity contribution in [2.75, 3.05) is 17.3 Å². The fraction of sp³-hybridized carbons (Fsp3) is 0.200. The van der Waals surface area contributed by atoms with Crippen LogP contribution in [0.15, 0.2) is 82.6 Å². The monoisotopic (exact) mass is 641 g/mol. The van der Waals surface area contributed by atoms with Crippen LogP contribution in [0.4, 0.5) is 24.5 Å². The Balaban J connectivity index is 1.43. The summed E-state index contributed by atoms with van der Waals surface area (Å²) in [6.45, 7) is -0.423. The molecule has 3 heterocycles. The molecule has 3 amide bonds. The smallest absolute Gasteiger partial charge is 0.418 e. The second kappa shape index (κ2) is 11.2. The number of nitrogens with zero attached hydrogens (tertiary/aromatic N) is 2. The summed E-state index contributed by atoms with van der Waals surface area (Å²) in [4.78, 5) is 54.6. The molecule has 1 saturated heterocycles. The number of carbonyl (C=O) groups excluding carboxylic acids is 3. The summed E-state index contributed by atoms with van der Waals surface area (Å²) in [6, 6.07) is 16.8. The largest absolute Gasteiger partial charge is 0.508 e. The fourth-order valence-electron chi connectivity index (χ4n) is 5.46. The molecule has 6 rings (SSSR count). The standard InChI is InChI=1S/C30H22F3N3O6S2/c1-42-18-12-6-15(7-13-18)22-23-24(27(40)36(26(23)39)20-5-3-2-4-19(20)30(31,32)33)43-28-25(22)44-29(41)35(28)14-21(38)34-16-8-10-17(37)11-9-16/h2-13,22-24,37H,14H2,1H3,(H,34,38). The maximum Gasteiger partial charge on any atom is 0.418 e. The third-order valence-electron chi connectivity index (χ3n) is 7.43. The summed E-state index contributed by atoms with van der Waals surface area (Å²) < 4.78 is 48.3. The van der Waals surface area contributed by atoms with Crippen LogP contribution in [0.5, 0.6) is 11.5 Å². The van der Waals surface area contributed by atoms with Gasteiger partial charge in [-0.3, -0.25) is 23.7 Å². The number of ether oxygens (including phenoxy) is 1. The Morgan fingerprint density at radius 2 is 1.66 bits per heavy atom. The summed E-state index contributed by atoms with van der Waals surface area (Å²) in [5.74, 6) is -3.67. The number of anilines is 2. The lowest BCUT2D eigenvalue weighted by molar-refractivity contribution is -0.137. The second-order valence-corrected chi connectivity index (χ2v) is 12.2. The van der Waals surface area contributed by atoms with E-state index >= 15 is 0 Å². The van der Waals surface area contributed by atoms with Gasteiger partial charge >= 0.3 is 11.0 Å². The summed E-state index contributed by atoms with van der Waals surface area (Å²) in [6.07, 6.45) is -4.82. The van der Waals surface area contributed by atoms with Crippen molar-refractivity contribution in [2.45, 2.75) is 28.9 Å². The number of amides is 3. The van der Waals surface area contributed by atoms with E-state index in [4.69, 9.17) is 4.74 Å². The van der Waals surface area contributed by atoms with Crippen molar-refractivity contribution < 1.29 is 37.4 Å². The second-order valence-electron chi connectivity index (χ2n) is 10.1. The van der Waals surface area contributed by atoms with E-state index in [1.165, 1.54) is 48.1 Å². The predicted molar refractivity (Wildman–Crippen MR) is 157 cm³/mol. The Morgan fingerprint density at radius 1 is 0.977 bits per heavy atom. The lowest BCUT2D eigenvalue weighted by atomic mass is 9.83. The lowest BCUT2D eigenvalue weighted by Crippen LogP contribution is -2.33. The Labute approximate surface area is 255 Å². The van der Waals surface area contributed by atoms with Crippen LogP contribution in [-0.2, 0) is 27.1 Å². The van der Waals surface area contributed by atoms with Gasteiger partial charge in [0.15, 0.2) is 0 Å². The number of phenols is 1. The number of halogens is 3. The number of rotatable bonds is 6. The Morgan fingerprint density at radius 3 is 2.32 bits per heavy atom. The van der Waals surface area contributed by atoms with Gasteiger partial charge in [-0.2, -0.15) is 13.2 Å². The first-order chi connectivity index (χ1) is 21.0. The molecule has 3 unspecified atom stereocenters. The number of thioether (sulfide) groups is 1. The van der Waals surface area contributed by atoms with E-state index in [0.717, 1.165) is 35.2 Å². The summed E-state index contributed by atoms with van der Waals surface area (Å²) in [5, 5.41) is 11.3. The molecule has 0 bridgehead atoms. The van der Waals surface area contributed by atoms with Gasteiger partial charge in [-0.1, -0.05) is 47.4 Å². The van der Waals surface area contributed by atoms with Crippen LogP contribution >= 0.6 is 23.1 Å². The molecule has 0 radical (unpaired) electrons. The van der Waals surface area contributed by atoms with Crippen LogP contribution in [-0.4, -0.2) is 39.8 Å². The number of imide groups is 1. The van der Waals surface area contributed by atoms with Crippen molar-refractivity contribution in [3.63, 3.8) is 0 Å². The van der Waals surface area contributed by atoms with Crippen LogP contribution in [0.25, 0.3) is 0 Å². The van der Waals surface area contributed by atoms with Gasteiger partial charge in [-0.25, -0.2) is 4.90 Å². The molecule has 0 saturated carbocycles. The number of para-hydroxylation sites is 1. The Bertz CT molecular complexity index is 1840. The molecular formula is C30H22F3N3O6S2. The van der Waals surface area contributed by atoms with Crippen molar-refractivity contribution in [3.8, 4) is 11.5 Å². The molecule has 2 aliphatic rings. The molecule has 14 heteroatoms. The number of phenolic OH excluding ortho intramolecular Hbond substituents is 1. The van der Waals surface area contributed by atoms with E-state index in [9.17, 15) is 37.5 Å². The molecule has 0 spiro atoms. The molecular weight excluding hydrogens is 619 g/mol. The number of aromatic nitrogens is 1. The van der Waals surface area contributed by atoms with Gasteiger partial charge in [-0.15, -0.1) is 0 Å². The van der Waals surface area contributed by atoms with E-state index in [-0.39, 0.29) is 10.8 Å². The van der Waals surface area contributed by atoms with E-state index in [1.807, 2.05) is 0 Å². The van der Waals surface area contributed by atoms with E-state index in [1.54, 1.807) is 24.3 Å². The van der Waals surface area contributed by atoms with Gasteiger partial charge in [0.1, 0.15) is 23.3 Å². The topological polar surface area (TPSA) is 118 Å². The molecule has 4 aromatic rings. The van der Waals surface area contributed by atoms with Crippen LogP contribution in [0.1, 0.15) is 21.9 Å². The SMILES string of the molecule is COc1ccc(C2c3sc(=O)n(CC(=O)Nc4ccc(O)cc4)c3SC3C(=O)N(c4ccccc4C(F)(F)F)C(=O)C32)cc1. The number of fused-ring (bicyclic) bond motifs is 2. The van der Waals surface area contributed by atoms with Crippen LogP contribution in [0.2, 0.25) is 0 Å². The zero-order valence-electron chi connectivity index (χ0n) is 22.7. The van der Waals surface area contributed by atoms with Gasteiger partial charge in [0.25, 0.3) is 0 Å². The van der Waals surface area contributed by atoms with Gasteiger partial charge in [0, 0.05) is 16.5 Å². The van der Waals surface area contributed by atoms with E-state index < -0.39 is 63.7 Å². The first-order valence-electron chi connectivity index (χ1n) is 13.1. The quantitative estimate of drug-likeness (QED) is 0.223. The maximum absolute atomic E-state index is 14.0. The van der Waals surface area contributed by atoms with Crippen molar-refractivity contribution in [3.05, 3.63) is 98.5 Å². The number of alkyl halides is 3. The molecule has 0 aliphatic carbocycles. The van der Waals surface area contributed by atoms with Gasteiger partial charge in [0.2, 0.25) is 17.7 Å². The zero-order chi connectivity index (χ0) is 31.3. The normalized spacial score (nSPS) is 19.5. The van der Waals surface area contributed by atoms with Gasteiger partial charge in [0.05, 0.1) is 29.3 Å². The molecule has 2 aliphatic heterocycles. The predicted octanol–water partition coefficient (Wildman–Crippen LogP) is 5.08. The summed E-state index contributed by atoms with van der Waals surface area (Å²) >= 11 is 1.71. The van der Waals surface area contributed by atoms with Gasteiger partial charge < -0.3 is 15.2 Å². The third-order valence-corrected chi connectivity index (χ3v) is 10.0. The highest BCUT2D eigenvalue weighted by Crippen LogP contribution is 2.54. The highest BCUT2D eigenvalue weighted by molar-refractivity contribution is 8.00. The number of hydrogen-bond acceptors (Lipinski definition) is 8. The highest BCUT2D eigenvalue weighted by atomic mass is 32.2. The number of thiazole rings is 1. The number of aromatic hydroxyl groups is 1. The van der Waals surface area contributed by atoms with Crippen LogP contribution < -0.4 is 19.8 Å². The molecule has 9 nitrogen and oxygen atoms in total. The molecule has 1 aromatic heterocycles. The summed E-state index contributed by atoms with van der Waals surface area (Å²) in [5.41, 5.74) is -0.753. The van der Waals surface area contributed by atoms with Crippen molar-refractivity contribution in [1.82, 2.24) is 4.57 Å². The molecule has 226 valence electrons. The van der Waals surface area contributed by atoms with E-state index in [0.29, 0.717) is 26.8 Å². The maximum atomic E-state index is 14.0. The van der Waals surface area contributed by atoms with Crippen molar-refractivity contribution in [1.29, 1.82) is 0 Å². The molecule has 2 N–H and O–H groups in total. The van der Waals surface area contributed by atoms with Crippen molar-refractivity contribution >= 4 is 52.2 Å². The summed E-state index contributed by atoms with van der Waals surface area (Å²) in [7, 11) is 1.48.